The maximum absolute atomic E-state index is 11.3. The zero-order valence-corrected chi connectivity index (χ0v) is 8.91. The van der Waals surface area contributed by atoms with Crippen molar-refractivity contribution < 1.29 is 19.8 Å². The standard InChI is InChI=1S/C7H12N6O4/c1-3(5-10-12-13-11-5)8-7(17)9-4(2-14)6(15)16/h3-4,14H,2H2,1H3,(H,15,16)(H2,8,9,17)(H,10,11,12,13)/t3?,4-/m1/s1. The zero-order chi connectivity index (χ0) is 12.8. The van der Waals surface area contributed by atoms with E-state index in [4.69, 9.17) is 10.2 Å². The number of carbonyl (C=O) groups excluding carboxylic acids is 1. The highest BCUT2D eigenvalue weighted by Crippen LogP contribution is 2.02. The highest BCUT2D eigenvalue weighted by atomic mass is 16.4. The molecule has 10 heteroatoms. The van der Waals surface area contributed by atoms with Crippen molar-refractivity contribution in [2.75, 3.05) is 6.61 Å². The first kappa shape index (κ1) is 12.8. The molecule has 2 amide bonds. The number of tetrazole rings is 1. The number of nitrogens with one attached hydrogen (secondary N) is 3. The molecule has 0 saturated heterocycles. The van der Waals surface area contributed by atoms with Crippen molar-refractivity contribution in [2.24, 2.45) is 0 Å². The number of H-pyrrole nitrogens is 1. The topological polar surface area (TPSA) is 153 Å². The van der Waals surface area contributed by atoms with E-state index < -0.39 is 30.7 Å². The van der Waals surface area contributed by atoms with Gasteiger partial charge in [-0.25, -0.2) is 9.59 Å². The molecule has 5 N–H and O–H groups in total. The fraction of sp³-hybridized carbons (Fsp3) is 0.571. The third-order valence-corrected chi connectivity index (χ3v) is 1.88. The number of aliphatic carboxylic acids is 1. The molecule has 0 aromatic carbocycles. The molecule has 0 bridgehead atoms. The second kappa shape index (κ2) is 5.75. The third kappa shape index (κ3) is 3.68. The van der Waals surface area contributed by atoms with Gasteiger partial charge in [-0.15, -0.1) is 10.2 Å². The molecule has 2 atom stereocenters. The molecule has 1 unspecified atom stereocenters. The summed E-state index contributed by atoms with van der Waals surface area (Å²) in [5.41, 5.74) is 0. The molecule has 0 spiro atoms. The largest absolute Gasteiger partial charge is 0.480 e. The Hall–Kier alpha value is -2.23. The van der Waals surface area contributed by atoms with Crippen molar-refractivity contribution in [3.8, 4) is 0 Å². The second-order valence-corrected chi connectivity index (χ2v) is 3.18. The van der Waals surface area contributed by atoms with Gasteiger partial charge in [0, 0.05) is 0 Å². The van der Waals surface area contributed by atoms with E-state index in [1.165, 1.54) is 0 Å². The van der Waals surface area contributed by atoms with Crippen LogP contribution in [0.4, 0.5) is 4.79 Å². The third-order valence-electron chi connectivity index (χ3n) is 1.88. The number of aromatic nitrogens is 4. The molecule has 0 aliphatic carbocycles. The van der Waals surface area contributed by atoms with Gasteiger partial charge in [-0.2, -0.15) is 5.21 Å². The lowest BCUT2D eigenvalue weighted by atomic mass is 10.3. The van der Waals surface area contributed by atoms with Gasteiger partial charge in [-0.3, -0.25) is 0 Å². The molecule has 1 heterocycles. The first-order valence-corrected chi connectivity index (χ1v) is 4.68. The first-order valence-electron chi connectivity index (χ1n) is 4.68. The maximum Gasteiger partial charge on any atom is 0.328 e. The molecule has 94 valence electrons. The number of carboxylic acid groups (broad SMARTS) is 1. The molecule has 1 aromatic heterocycles. The monoisotopic (exact) mass is 244 g/mol. The van der Waals surface area contributed by atoms with Crippen LogP contribution in [0.3, 0.4) is 0 Å². The first-order chi connectivity index (χ1) is 8.04. The quantitative estimate of drug-likeness (QED) is 0.401. The van der Waals surface area contributed by atoms with Crippen molar-refractivity contribution in [2.45, 2.75) is 19.0 Å². The van der Waals surface area contributed by atoms with Gasteiger partial charge in [0.15, 0.2) is 11.9 Å². The highest BCUT2D eigenvalue weighted by Gasteiger charge is 2.20. The number of aromatic amines is 1. The van der Waals surface area contributed by atoms with Crippen LogP contribution in [0.2, 0.25) is 0 Å². The van der Waals surface area contributed by atoms with E-state index in [1.807, 2.05) is 0 Å². The van der Waals surface area contributed by atoms with Crippen LogP contribution in [0.15, 0.2) is 0 Å². The molecule has 1 rings (SSSR count). The Morgan fingerprint density at radius 3 is 2.65 bits per heavy atom. The summed E-state index contributed by atoms with van der Waals surface area (Å²) in [6, 6.07) is -2.64. The Morgan fingerprint density at radius 1 is 1.47 bits per heavy atom. The Balaban J connectivity index is 2.47. The lowest BCUT2D eigenvalue weighted by Gasteiger charge is -2.14. The molecule has 10 nitrogen and oxygen atoms in total. The highest BCUT2D eigenvalue weighted by molar-refractivity contribution is 5.82. The van der Waals surface area contributed by atoms with Gasteiger partial charge >= 0.3 is 12.0 Å². The minimum absolute atomic E-state index is 0.260. The lowest BCUT2D eigenvalue weighted by Crippen LogP contribution is -2.48. The van der Waals surface area contributed by atoms with Gasteiger partial charge in [0.1, 0.15) is 0 Å². The Morgan fingerprint density at radius 2 is 2.18 bits per heavy atom. The molecular formula is C7H12N6O4. The van der Waals surface area contributed by atoms with Crippen molar-refractivity contribution in [1.29, 1.82) is 0 Å². The van der Waals surface area contributed by atoms with Crippen molar-refractivity contribution in [3.05, 3.63) is 5.82 Å². The summed E-state index contributed by atoms with van der Waals surface area (Å²) < 4.78 is 0. The zero-order valence-electron chi connectivity index (χ0n) is 8.91. The molecular weight excluding hydrogens is 232 g/mol. The van der Waals surface area contributed by atoms with E-state index in [1.54, 1.807) is 6.92 Å². The number of hydrogen-bond donors (Lipinski definition) is 5. The molecule has 0 radical (unpaired) electrons. The predicted molar refractivity (Wildman–Crippen MR) is 52.8 cm³/mol. The normalized spacial score (nSPS) is 13.8. The number of carboxylic acids is 1. The molecule has 17 heavy (non-hydrogen) atoms. The van der Waals surface area contributed by atoms with Gasteiger partial charge in [-0.05, 0) is 6.92 Å². The van der Waals surface area contributed by atoms with E-state index in [-0.39, 0.29) is 5.82 Å². The fourth-order valence-corrected chi connectivity index (χ4v) is 1.000. The lowest BCUT2D eigenvalue weighted by molar-refractivity contribution is -0.140. The van der Waals surface area contributed by atoms with E-state index in [2.05, 4.69) is 31.3 Å². The van der Waals surface area contributed by atoms with Crippen LogP contribution in [-0.4, -0.2) is 55.5 Å². The number of hydrogen-bond acceptors (Lipinski definition) is 6. The second-order valence-electron chi connectivity index (χ2n) is 3.18. The smallest absolute Gasteiger partial charge is 0.328 e. The van der Waals surface area contributed by atoms with E-state index >= 15 is 0 Å². The van der Waals surface area contributed by atoms with E-state index in [9.17, 15) is 9.59 Å². The van der Waals surface area contributed by atoms with Gasteiger partial charge in [0.2, 0.25) is 0 Å². The SMILES string of the molecule is CC(NC(=O)N[C@H](CO)C(=O)O)c1nn[nH]n1. The minimum atomic E-state index is -1.35. The van der Waals surface area contributed by atoms with Crippen molar-refractivity contribution in [1.82, 2.24) is 31.3 Å². The van der Waals surface area contributed by atoms with Gasteiger partial charge in [0.25, 0.3) is 0 Å². The molecule has 0 fully saturated rings. The van der Waals surface area contributed by atoms with Crippen LogP contribution in [0.1, 0.15) is 18.8 Å². The van der Waals surface area contributed by atoms with Gasteiger partial charge < -0.3 is 20.8 Å². The Kier molecular flexibility index (Phi) is 4.34. The van der Waals surface area contributed by atoms with Gasteiger partial charge in [0.05, 0.1) is 12.6 Å². The van der Waals surface area contributed by atoms with Crippen LogP contribution < -0.4 is 10.6 Å². The molecule has 0 aliphatic rings. The summed E-state index contributed by atoms with van der Waals surface area (Å²) >= 11 is 0. The minimum Gasteiger partial charge on any atom is -0.480 e. The summed E-state index contributed by atoms with van der Waals surface area (Å²) in [4.78, 5) is 21.9. The van der Waals surface area contributed by atoms with Crippen LogP contribution in [-0.2, 0) is 4.79 Å². The summed E-state index contributed by atoms with van der Waals surface area (Å²) in [5.74, 6) is -1.06. The average molecular weight is 244 g/mol. The Labute approximate surface area is 95.4 Å². The number of amides is 2. The number of carbonyl (C=O) groups is 2. The molecule has 0 saturated carbocycles. The summed E-state index contributed by atoms with van der Waals surface area (Å²) in [6.07, 6.45) is 0. The summed E-state index contributed by atoms with van der Waals surface area (Å²) in [6.45, 7) is 0.901. The maximum atomic E-state index is 11.3. The van der Waals surface area contributed by atoms with Crippen LogP contribution in [0, 0.1) is 0 Å². The van der Waals surface area contributed by atoms with E-state index in [0.717, 1.165) is 0 Å². The summed E-state index contributed by atoms with van der Waals surface area (Å²) in [5, 5.41) is 34.6. The number of urea groups is 1. The predicted octanol–water partition coefficient (Wildman–Crippen LogP) is -1.99. The van der Waals surface area contributed by atoms with Gasteiger partial charge in [-0.1, -0.05) is 5.21 Å². The summed E-state index contributed by atoms with van der Waals surface area (Å²) in [7, 11) is 0. The van der Waals surface area contributed by atoms with Crippen LogP contribution in [0.25, 0.3) is 0 Å². The number of rotatable bonds is 5. The van der Waals surface area contributed by atoms with E-state index in [0.29, 0.717) is 0 Å². The number of aliphatic hydroxyl groups is 1. The molecule has 1 aromatic rings. The number of nitrogens with zero attached hydrogens (tertiary/aromatic N) is 3. The Bertz CT molecular complexity index is 380. The fourth-order valence-electron chi connectivity index (χ4n) is 1.000. The number of aliphatic hydroxyl groups excluding tert-OH is 1. The van der Waals surface area contributed by atoms with Crippen molar-refractivity contribution >= 4 is 12.0 Å². The average Bonchev–Trinajstić information content (AvgIpc) is 2.78. The van der Waals surface area contributed by atoms with Crippen molar-refractivity contribution in [3.63, 3.8) is 0 Å². The van der Waals surface area contributed by atoms with Crippen LogP contribution >= 0.6 is 0 Å². The molecule has 0 aliphatic heterocycles. The van der Waals surface area contributed by atoms with Crippen LogP contribution in [0.5, 0.6) is 0 Å².